The highest BCUT2D eigenvalue weighted by Crippen LogP contribution is 2.93. The molecule has 2 bridgehead atoms. The van der Waals surface area contributed by atoms with Gasteiger partial charge in [-0.3, -0.25) is 9.59 Å². The summed E-state index contributed by atoms with van der Waals surface area (Å²) in [5, 5.41) is 22.2. The van der Waals surface area contributed by atoms with Crippen molar-refractivity contribution in [2.24, 2.45) is 10.8 Å². The average Bonchev–Trinajstić information content (AvgIpc) is 3.60. The van der Waals surface area contributed by atoms with Gasteiger partial charge in [-0.1, -0.05) is 39.0 Å². The number of Topliss-reactive ketones (excluding diaryl/α,β-unsaturated/α-hetero) is 2. The molecular weight excluding hydrogens is 515 g/mol. The van der Waals surface area contributed by atoms with E-state index in [-0.39, 0.29) is 41.2 Å². The number of benzene rings is 1. The lowest BCUT2D eigenvalue weighted by atomic mass is 9.41. The zero-order chi connectivity index (χ0) is 29.2. The van der Waals surface area contributed by atoms with Crippen molar-refractivity contribution in [3.05, 3.63) is 47.0 Å². The zero-order valence-electron chi connectivity index (χ0n) is 23.6. The molecule has 6 rings (SSSR count). The maximum Gasteiger partial charge on any atom is 0.338 e. The van der Waals surface area contributed by atoms with Crippen LogP contribution in [-0.2, 0) is 28.6 Å². The minimum absolute atomic E-state index is 0.129. The van der Waals surface area contributed by atoms with Crippen molar-refractivity contribution in [2.75, 3.05) is 13.7 Å². The Kier molecular flexibility index (Phi) is 5.65. The van der Waals surface area contributed by atoms with Crippen LogP contribution in [0.2, 0.25) is 10.6 Å². The summed E-state index contributed by atoms with van der Waals surface area (Å²) in [6, 6.07) is 8.19. The SMILES string of the molecule is CO[C@H]1C(=O)[C@]2(C)CC[C@H]3OC[C@]34B(C(C)=O)[C@]24[C@H](OC(=O)c2ccccc2)[C@]2(O)[C@@H](O)C(=O)C(C)=C1C2(C)C. The highest BCUT2D eigenvalue weighted by Gasteiger charge is 2.98. The van der Waals surface area contributed by atoms with Crippen LogP contribution >= 0.6 is 0 Å². The topological polar surface area (TPSA) is 136 Å². The van der Waals surface area contributed by atoms with Crippen LogP contribution in [0, 0.1) is 10.8 Å². The molecule has 2 heterocycles. The molecule has 212 valence electrons. The lowest BCUT2D eigenvalue weighted by Gasteiger charge is -2.64. The van der Waals surface area contributed by atoms with E-state index in [1.54, 1.807) is 51.1 Å². The number of hydrogen-bond donors (Lipinski definition) is 2. The smallest absolute Gasteiger partial charge is 0.338 e. The second-order valence-electron chi connectivity index (χ2n) is 13.0. The first-order chi connectivity index (χ1) is 18.7. The maximum absolute atomic E-state index is 14.8. The number of aliphatic hydroxyl groups is 2. The molecular formula is C30H35BO9. The Labute approximate surface area is 233 Å². The molecule has 40 heavy (non-hydrogen) atoms. The number of hydrogen-bond acceptors (Lipinski definition) is 9. The Hall–Kier alpha value is -2.66. The highest BCUT2D eigenvalue weighted by molar-refractivity contribution is 7.04. The lowest BCUT2D eigenvalue weighted by molar-refractivity contribution is -0.241. The van der Waals surface area contributed by atoms with E-state index < -0.39 is 69.9 Å². The molecule has 0 amide bonds. The van der Waals surface area contributed by atoms with Gasteiger partial charge in [0.2, 0.25) is 6.71 Å². The molecule has 2 aliphatic heterocycles. The molecule has 9 nitrogen and oxygen atoms in total. The fraction of sp³-hybridized carbons (Fsp3) is 0.600. The van der Waals surface area contributed by atoms with Crippen LogP contribution in [0.3, 0.4) is 0 Å². The molecule has 1 aromatic rings. The molecule has 4 fully saturated rings. The van der Waals surface area contributed by atoms with Crippen LogP contribution in [0.1, 0.15) is 57.8 Å². The molecule has 2 N–H and O–H groups in total. The first-order valence-corrected chi connectivity index (χ1v) is 13.8. The fourth-order valence-corrected chi connectivity index (χ4v) is 9.60. The monoisotopic (exact) mass is 550 g/mol. The second kappa shape index (κ2) is 8.21. The van der Waals surface area contributed by atoms with E-state index in [4.69, 9.17) is 14.2 Å². The number of aliphatic hydroxyl groups excluding tert-OH is 1. The van der Waals surface area contributed by atoms with Gasteiger partial charge in [0.05, 0.1) is 17.4 Å². The third-order valence-electron chi connectivity index (χ3n) is 11.4. The van der Waals surface area contributed by atoms with Crippen molar-refractivity contribution in [1.82, 2.24) is 0 Å². The Morgan fingerprint density at radius 1 is 1.12 bits per heavy atom. The van der Waals surface area contributed by atoms with Crippen LogP contribution in [0.4, 0.5) is 0 Å². The van der Waals surface area contributed by atoms with Gasteiger partial charge in [0.15, 0.2) is 11.6 Å². The molecule has 0 radical (unpaired) electrons. The fourth-order valence-electron chi connectivity index (χ4n) is 9.60. The highest BCUT2D eigenvalue weighted by atomic mass is 16.6. The number of ether oxygens (including phenoxy) is 3. The molecule has 8 atom stereocenters. The summed E-state index contributed by atoms with van der Waals surface area (Å²) in [6.45, 7) is 7.27. The van der Waals surface area contributed by atoms with Gasteiger partial charge in [0.1, 0.15) is 23.9 Å². The largest absolute Gasteiger partial charge is 0.456 e. The molecule has 1 aromatic carbocycles. The van der Waals surface area contributed by atoms with Crippen molar-refractivity contribution in [3.8, 4) is 0 Å². The van der Waals surface area contributed by atoms with Gasteiger partial charge in [-0.05, 0) is 50.0 Å². The minimum atomic E-state index is -2.41. The molecule has 2 spiro atoms. The van der Waals surface area contributed by atoms with Gasteiger partial charge in [-0.2, -0.15) is 0 Å². The number of methoxy groups -OCH3 is 1. The van der Waals surface area contributed by atoms with Crippen LogP contribution in [0.15, 0.2) is 41.5 Å². The molecule has 2 saturated heterocycles. The third kappa shape index (κ3) is 2.70. The predicted octanol–water partition coefficient (Wildman–Crippen LogP) is 2.14. The summed E-state index contributed by atoms with van der Waals surface area (Å²) < 4.78 is 18.1. The maximum atomic E-state index is 14.8. The predicted molar refractivity (Wildman–Crippen MR) is 143 cm³/mol. The van der Waals surface area contributed by atoms with Crippen molar-refractivity contribution in [2.45, 2.75) is 88.1 Å². The summed E-state index contributed by atoms with van der Waals surface area (Å²) in [4.78, 5) is 55.7. The summed E-state index contributed by atoms with van der Waals surface area (Å²) in [5.41, 5.74) is -4.87. The summed E-state index contributed by atoms with van der Waals surface area (Å²) >= 11 is 0. The van der Waals surface area contributed by atoms with Crippen LogP contribution in [0.5, 0.6) is 0 Å². The van der Waals surface area contributed by atoms with Crippen molar-refractivity contribution < 1.29 is 43.6 Å². The van der Waals surface area contributed by atoms with Gasteiger partial charge in [-0.15, -0.1) is 0 Å². The van der Waals surface area contributed by atoms with E-state index in [0.717, 1.165) is 0 Å². The molecule has 2 saturated carbocycles. The van der Waals surface area contributed by atoms with Gasteiger partial charge in [0.25, 0.3) is 0 Å². The molecule has 3 aliphatic carbocycles. The van der Waals surface area contributed by atoms with Crippen molar-refractivity contribution in [1.29, 1.82) is 0 Å². The van der Waals surface area contributed by atoms with Gasteiger partial charge >= 0.3 is 5.97 Å². The summed E-state index contributed by atoms with van der Waals surface area (Å²) in [7, 11) is 1.38. The summed E-state index contributed by atoms with van der Waals surface area (Å²) in [6.07, 6.45) is -4.43. The molecule has 10 heteroatoms. The second-order valence-corrected chi connectivity index (χ2v) is 13.0. The van der Waals surface area contributed by atoms with Crippen LogP contribution < -0.4 is 0 Å². The molecule has 0 aromatic heterocycles. The first kappa shape index (κ1) is 27.5. The van der Waals surface area contributed by atoms with E-state index in [9.17, 15) is 29.4 Å². The van der Waals surface area contributed by atoms with E-state index in [1.165, 1.54) is 21.0 Å². The Morgan fingerprint density at radius 2 is 1.77 bits per heavy atom. The first-order valence-electron chi connectivity index (χ1n) is 13.8. The third-order valence-corrected chi connectivity index (χ3v) is 11.4. The van der Waals surface area contributed by atoms with E-state index in [1.807, 2.05) is 0 Å². The van der Waals surface area contributed by atoms with Crippen LogP contribution in [-0.4, -0.2) is 83.9 Å². The normalized spacial score (nSPS) is 43.0. The number of fused-ring (bicyclic) bond motifs is 2. The number of rotatable bonds is 4. The Bertz CT molecular complexity index is 1390. The van der Waals surface area contributed by atoms with Crippen LogP contribution in [0.25, 0.3) is 0 Å². The Morgan fingerprint density at radius 3 is 2.33 bits per heavy atom. The Balaban J connectivity index is 1.71. The average molecular weight is 550 g/mol. The van der Waals surface area contributed by atoms with Crippen molar-refractivity contribution in [3.63, 3.8) is 0 Å². The molecule has 5 aliphatic rings. The number of carbonyl (C=O) groups is 4. The zero-order valence-corrected chi connectivity index (χ0v) is 23.6. The molecule has 0 unspecified atom stereocenters. The quantitative estimate of drug-likeness (QED) is 0.427. The summed E-state index contributed by atoms with van der Waals surface area (Å²) in [5.74, 6) is -1.90. The van der Waals surface area contributed by atoms with E-state index in [2.05, 4.69) is 0 Å². The number of ketones is 2. The van der Waals surface area contributed by atoms with E-state index >= 15 is 0 Å². The van der Waals surface area contributed by atoms with Gasteiger partial charge in [-0.25, -0.2) is 4.79 Å². The van der Waals surface area contributed by atoms with Crippen molar-refractivity contribution >= 4 is 29.9 Å². The van der Waals surface area contributed by atoms with Gasteiger partial charge in [0, 0.05) is 35.2 Å². The standard InChI is InChI=1S/C30H35BO9/c1-15-19-21(38-6)23(35)27(5)13-12-18-28(14-39-18)30(27,31(28)16(2)32)25(40-24(36)17-10-8-7-9-11-17)29(37,26(19,3)4)22(34)20(15)33/h7-11,18,21-22,25,34,37H,12-14H2,1-6H3/t18-,21-,22+,25-,27+,28+,29-,30-/m1/s1. The van der Waals surface area contributed by atoms with E-state index in [0.29, 0.717) is 6.42 Å². The lowest BCUT2D eigenvalue weighted by Crippen LogP contribution is -2.74. The van der Waals surface area contributed by atoms with Gasteiger partial charge < -0.3 is 29.2 Å². The number of carbonyl (C=O) groups excluding carboxylic acids is 4. The minimum Gasteiger partial charge on any atom is -0.456 e. The number of esters is 1.